The summed E-state index contributed by atoms with van der Waals surface area (Å²) >= 11 is 9.03. The van der Waals surface area contributed by atoms with Crippen LogP contribution >= 0.6 is 27.5 Å². The molecule has 1 amide bonds. The summed E-state index contributed by atoms with van der Waals surface area (Å²) in [6, 6.07) is 10.1. The average Bonchev–Trinajstić information content (AvgIpc) is 2.32. The van der Waals surface area contributed by atoms with Crippen molar-refractivity contribution in [1.29, 1.82) is 0 Å². The molecule has 4 nitrogen and oxygen atoms in total. The fraction of sp³-hybridized carbons (Fsp3) is 0. The predicted octanol–water partition coefficient (Wildman–Crippen LogP) is 3.33. The van der Waals surface area contributed by atoms with Crippen LogP contribution in [0, 0.1) is 0 Å². The van der Waals surface area contributed by atoms with Crippen molar-refractivity contribution >= 4 is 44.9 Å². The van der Waals surface area contributed by atoms with Gasteiger partial charge in [0.2, 0.25) is 0 Å². The highest BCUT2D eigenvalue weighted by Crippen LogP contribution is 2.19. The largest absolute Gasteiger partial charge is 0.398 e. The second-order valence-corrected chi connectivity index (χ2v) is 4.83. The van der Waals surface area contributed by atoms with E-state index in [9.17, 15) is 4.79 Å². The maximum absolute atomic E-state index is 12.0. The molecule has 1 heterocycles. The molecular formula is C12H9BrClN3O. The zero-order valence-corrected chi connectivity index (χ0v) is 11.5. The molecule has 0 spiro atoms. The molecule has 0 saturated heterocycles. The number of benzene rings is 1. The van der Waals surface area contributed by atoms with Crippen molar-refractivity contribution in [3.63, 3.8) is 0 Å². The molecule has 2 aromatic rings. The molecule has 0 atom stereocenters. The first-order valence-corrected chi connectivity index (χ1v) is 6.22. The van der Waals surface area contributed by atoms with Crippen LogP contribution in [-0.4, -0.2) is 10.9 Å². The van der Waals surface area contributed by atoms with Crippen molar-refractivity contribution in [3.05, 3.63) is 51.6 Å². The van der Waals surface area contributed by atoms with Crippen LogP contribution in [0.15, 0.2) is 40.9 Å². The summed E-state index contributed by atoms with van der Waals surface area (Å²) < 4.78 is 0.779. The lowest BCUT2D eigenvalue weighted by molar-refractivity contribution is 0.102. The number of nitrogens with two attached hydrogens (primary N) is 1. The fourth-order valence-corrected chi connectivity index (χ4v) is 1.91. The second-order valence-electron chi connectivity index (χ2n) is 3.53. The van der Waals surface area contributed by atoms with E-state index in [2.05, 4.69) is 26.2 Å². The SMILES string of the molecule is Nc1ccc(Br)cc1C(=O)Nc1cccc(Cl)n1. The van der Waals surface area contributed by atoms with Gasteiger partial charge in [-0.1, -0.05) is 33.6 Å². The van der Waals surface area contributed by atoms with E-state index in [-0.39, 0.29) is 5.91 Å². The molecule has 1 aromatic carbocycles. The smallest absolute Gasteiger partial charge is 0.258 e. The van der Waals surface area contributed by atoms with Gasteiger partial charge in [-0.05, 0) is 30.3 Å². The minimum Gasteiger partial charge on any atom is -0.398 e. The highest BCUT2D eigenvalue weighted by Gasteiger charge is 2.11. The van der Waals surface area contributed by atoms with Crippen LogP contribution in [-0.2, 0) is 0 Å². The van der Waals surface area contributed by atoms with E-state index < -0.39 is 0 Å². The van der Waals surface area contributed by atoms with Crippen molar-refractivity contribution in [2.24, 2.45) is 0 Å². The zero-order chi connectivity index (χ0) is 13.1. The van der Waals surface area contributed by atoms with E-state index in [1.165, 1.54) is 0 Å². The van der Waals surface area contributed by atoms with E-state index in [4.69, 9.17) is 17.3 Å². The Morgan fingerprint density at radius 1 is 1.33 bits per heavy atom. The number of halogens is 2. The molecule has 0 saturated carbocycles. The zero-order valence-electron chi connectivity index (χ0n) is 9.15. The van der Waals surface area contributed by atoms with E-state index in [1.807, 2.05) is 0 Å². The molecule has 0 aliphatic rings. The summed E-state index contributed by atoms with van der Waals surface area (Å²) in [6.45, 7) is 0. The highest BCUT2D eigenvalue weighted by atomic mass is 79.9. The number of hydrogen-bond donors (Lipinski definition) is 2. The van der Waals surface area contributed by atoms with Gasteiger partial charge >= 0.3 is 0 Å². The van der Waals surface area contributed by atoms with Gasteiger partial charge in [0.25, 0.3) is 5.91 Å². The van der Waals surface area contributed by atoms with Crippen LogP contribution in [0.25, 0.3) is 0 Å². The minimum atomic E-state index is -0.330. The Labute approximate surface area is 117 Å². The standard InChI is InChI=1S/C12H9BrClN3O/c13-7-4-5-9(15)8(6-7)12(18)17-11-3-1-2-10(14)16-11/h1-6H,15H2,(H,16,17,18). The van der Waals surface area contributed by atoms with E-state index in [1.54, 1.807) is 36.4 Å². The van der Waals surface area contributed by atoms with Crippen molar-refractivity contribution in [1.82, 2.24) is 4.98 Å². The Kier molecular flexibility index (Phi) is 3.84. The predicted molar refractivity (Wildman–Crippen MR) is 75.8 cm³/mol. The third-order valence-electron chi connectivity index (χ3n) is 2.22. The summed E-state index contributed by atoms with van der Waals surface area (Å²) in [6.07, 6.45) is 0. The lowest BCUT2D eigenvalue weighted by atomic mass is 10.1. The summed E-state index contributed by atoms with van der Waals surface area (Å²) in [5.41, 5.74) is 6.53. The number of carbonyl (C=O) groups is 1. The van der Waals surface area contributed by atoms with E-state index in [0.717, 1.165) is 4.47 Å². The number of aromatic nitrogens is 1. The molecule has 0 radical (unpaired) electrons. The Bertz CT molecular complexity index is 604. The van der Waals surface area contributed by atoms with Gasteiger partial charge in [0.05, 0.1) is 5.56 Å². The number of anilines is 2. The normalized spacial score (nSPS) is 10.1. The summed E-state index contributed by atoms with van der Waals surface area (Å²) in [7, 11) is 0. The third kappa shape index (κ3) is 3.00. The van der Waals surface area contributed by atoms with Gasteiger partial charge in [-0.2, -0.15) is 0 Å². The van der Waals surface area contributed by atoms with Crippen molar-refractivity contribution in [3.8, 4) is 0 Å². The van der Waals surface area contributed by atoms with Crippen molar-refractivity contribution < 1.29 is 4.79 Å². The average molecular weight is 327 g/mol. The Hall–Kier alpha value is -1.59. The van der Waals surface area contributed by atoms with Crippen LogP contribution in [0.5, 0.6) is 0 Å². The molecule has 6 heteroatoms. The van der Waals surface area contributed by atoms with Crippen molar-refractivity contribution in [2.45, 2.75) is 0 Å². The Balaban J connectivity index is 2.24. The van der Waals surface area contributed by atoms with Gasteiger partial charge in [-0.15, -0.1) is 0 Å². The summed E-state index contributed by atoms with van der Waals surface area (Å²) in [5.74, 6) is 0.0513. The number of carbonyl (C=O) groups excluding carboxylic acids is 1. The molecule has 0 fully saturated rings. The number of rotatable bonds is 2. The molecular weight excluding hydrogens is 318 g/mol. The number of pyridine rings is 1. The lowest BCUT2D eigenvalue weighted by Crippen LogP contribution is -2.14. The number of nitrogens with zero attached hydrogens (tertiary/aromatic N) is 1. The fourth-order valence-electron chi connectivity index (χ4n) is 1.39. The molecule has 2 rings (SSSR count). The third-order valence-corrected chi connectivity index (χ3v) is 2.92. The number of nitrogen functional groups attached to an aromatic ring is 1. The molecule has 92 valence electrons. The first-order chi connectivity index (χ1) is 8.56. The Morgan fingerprint density at radius 2 is 2.11 bits per heavy atom. The lowest BCUT2D eigenvalue weighted by Gasteiger charge is -2.07. The molecule has 18 heavy (non-hydrogen) atoms. The van der Waals surface area contributed by atoms with Gasteiger partial charge in [0.15, 0.2) is 0 Å². The summed E-state index contributed by atoms with van der Waals surface area (Å²) in [4.78, 5) is 16.0. The quantitative estimate of drug-likeness (QED) is 0.657. The first-order valence-electron chi connectivity index (χ1n) is 5.05. The number of hydrogen-bond acceptors (Lipinski definition) is 3. The molecule has 3 N–H and O–H groups in total. The van der Waals surface area contributed by atoms with Gasteiger partial charge in [-0.25, -0.2) is 4.98 Å². The van der Waals surface area contributed by atoms with Gasteiger partial charge in [-0.3, -0.25) is 4.79 Å². The molecule has 0 bridgehead atoms. The van der Waals surface area contributed by atoms with E-state index in [0.29, 0.717) is 22.2 Å². The van der Waals surface area contributed by atoms with Crippen LogP contribution in [0.1, 0.15) is 10.4 Å². The van der Waals surface area contributed by atoms with Gasteiger partial charge in [0.1, 0.15) is 11.0 Å². The topological polar surface area (TPSA) is 68.0 Å². The molecule has 0 aliphatic heterocycles. The summed E-state index contributed by atoms with van der Waals surface area (Å²) in [5, 5.41) is 2.95. The molecule has 0 unspecified atom stereocenters. The number of nitrogens with one attached hydrogen (secondary N) is 1. The molecule has 1 aromatic heterocycles. The van der Waals surface area contributed by atoms with Crippen LogP contribution < -0.4 is 11.1 Å². The second kappa shape index (κ2) is 5.37. The van der Waals surface area contributed by atoms with Gasteiger partial charge < -0.3 is 11.1 Å². The monoisotopic (exact) mass is 325 g/mol. The van der Waals surface area contributed by atoms with Gasteiger partial charge in [0, 0.05) is 10.2 Å². The van der Waals surface area contributed by atoms with Crippen LogP contribution in [0.4, 0.5) is 11.5 Å². The molecule has 0 aliphatic carbocycles. The highest BCUT2D eigenvalue weighted by molar-refractivity contribution is 9.10. The Morgan fingerprint density at radius 3 is 2.83 bits per heavy atom. The maximum Gasteiger partial charge on any atom is 0.258 e. The first kappa shape index (κ1) is 12.9. The van der Waals surface area contributed by atoms with Crippen LogP contribution in [0.3, 0.4) is 0 Å². The van der Waals surface area contributed by atoms with Crippen molar-refractivity contribution in [2.75, 3.05) is 11.1 Å². The number of amides is 1. The van der Waals surface area contributed by atoms with E-state index >= 15 is 0 Å². The van der Waals surface area contributed by atoms with Crippen LogP contribution in [0.2, 0.25) is 5.15 Å². The minimum absolute atomic E-state index is 0.315. The maximum atomic E-state index is 12.0.